The number of hydrogen-bond acceptors (Lipinski definition) is 4. The number of hydrogen-bond donors (Lipinski definition) is 1. The molecule has 0 spiro atoms. The Labute approximate surface area is 105 Å². The number of nitriles is 1. The molecule has 1 aromatic heterocycles. The Morgan fingerprint density at radius 3 is 2.83 bits per heavy atom. The largest absolute Gasteiger partial charge is 0.487 e. The summed E-state index contributed by atoms with van der Waals surface area (Å²) in [6, 6.07) is 9.74. The van der Waals surface area contributed by atoms with Crippen LogP contribution in [0.4, 0.5) is 5.82 Å². The van der Waals surface area contributed by atoms with Gasteiger partial charge in [0.1, 0.15) is 35.5 Å². The van der Waals surface area contributed by atoms with E-state index in [1.807, 2.05) is 37.3 Å². The van der Waals surface area contributed by atoms with E-state index in [9.17, 15) is 0 Å². The van der Waals surface area contributed by atoms with E-state index in [0.717, 1.165) is 11.3 Å². The highest BCUT2D eigenvalue weighted by atomic mass is 16.5. The number of benzene rings is 1. The van der Waals surface area contributed by atoms with Crippen LogP contribution < -0.4 is 10.5 Å². The number of nitrogen functional groups attached to an aromatic ring is 1. The van der Waals surface area contributed by atoms with E-state index in [4.69, 9.17) is 15.7 Å². The van der Waals surface area contributed by atoms with Crippen molar-refractivity contribution in [2.45, 2.75) is 13.5 Å². The summed E-state index contributed by atoms with van der Waals surface area (Å²) in [4.78, 5) is 0. The quantitative estimate of drug-likeness (QED) is 0.889. The Bertz CT molecular complexity index is 610. The SMILES string of the molecule is Cc1ccccc1OCc1nn(C)c(N)c1C#N. The third kappa shape index (κ3) is 2.13. The average molecular weight is 242 g/mol. The van der Waals surface area contributed by atoms with E-state index < -0.39 is 0 Å². The van der Waals surface area contributed by atoms with Crippen molar-refractivity contribution in [2.75, 3.05) is 5.73 Å². The van der Waals surface area contributed by atoms with Gasteiger partial charge in [0.15, 0.2) is 0 Å². The first-order valence-electron chi connectivity index (χ1n) is 5.53. The van der Waals surface area contributed by atoms with Gasteiger partial charge in [-0.2, -0.15) is 10.4 Å². The minimum absolute atomic E-state index is 0.235. The molecule has 2 N–H and O–H groups in total. The molecule has 2 rings (SSSR count). The number of rotatable bonds is 3. The molecular formula is C13H14N4O. The van der Waals surface area contributed by atoms with Crippen LogP contribution in [0.5, 0.6) is 5.75 Å². The molecule has 0 fully saturated rings. The lowest BCUT2D eigenvalue weighted by Crippen LogP contribution is -2.00. The standard InChI is InChI=1S/C13H14N4O/c1-9-5-3-4-6-12(9)18-8-11-10(7-14)13(15)17(2)16-11/h3-6H,8,15H2,1-2H3. The van der Waals surface area contributed by atoms with E-state index in [-0.39, 0.29) is 6.61 Å². The van der Waals surface area contributed by atoms with E-state index in [2.05, 4.69) is 5.10 Å². The van der Waals surface area contributed by atoms with Crippen molar-refractivity contribution in [3.8, 4) is 11.8 Å². The maximum absolute atomic E-state index is 9.03. The minimum Gasteiger partial charge on any atom is -0.487 e. The molecule has 2 aromatic rings. The van der Waals surface area contributed by atoms with E-state index >= 15 is 0 Å². The molecule has 0 saturated carbocycles. The number of anilines is 1. The van der Waals surface area contributed by atoms with Gasteiger partial charge in [-0.3, -0.25) is 4.68 Å². The molecule has 5 heteroatoms. The van der Waals surface area contributed by atoms with Crippen LogP contribution in [-0.2, 0) is 13.7 Å². The second kappa shape index (κ2) is 4.80. The summed E-state index contributed by atoms with van der Waals surface area (Å²) >= 11 is 0. The summed E-state index contributed by atoms with van der Waals surface area (Å²) in [6.45, 7) is 2.20. The fourth-order valence-electron chi connectivity index (χ4n) is 1.68. The van der Waals surface area contributed by atoms with Gasteiger partial charge >= 0.3 is 0 Å². The first-order valence-corrected chi connectivity index (χ1v) is 5.53. The van der Waals surface area contributed by atoms with Crippen molar-refractivity contribution in [1.82, 2.24) is 9.78 Å². The van der Waals surface area contributed by atoms with E-state index in [0.29, 0.717) is 17.1 Å². The summed E-state index contributed by atoms with van der Waals surface area (Å²) in [5.74, 6) is 1.14. The molecule has 0 unspecified atom stereocenters. The zero-order chi connectivity index (χ0) is 13.1. The number of nitrogens with two attached hydrogens (primary N) is 1. The molecule has 18 heavy (non-hydrogen) atoms. The molecule has 0 atom stereocenters. The Hall–Kier alpha value is -2.48. The van der Waals surface area contributed by atoms with Gasteiger partial charge < -0.3 is 10.5 Å². The molecule has 0 saturated heterocycles. The molecular weight excluding hydrogens is 228 g/mol. The van der Waals surface area contributed by atoms with Gasteiger partial charge in [0.05, 0.1) is 0 Å². The highest BCUT2D eigenvalue weighted by Crippen LogP contribution is 2.20. The maximum atomic E-state index is 9.03. The minimum atomic E-state index is 0.235. The Morgan fingerprint density at radius 2 is 2.17 bits per heavy atom. The summed E-state index contributed by atoms with van der Waals surface area (Å²) in [7, 11) is 1.70. The number of aryl methyl sites for hydroxylation is 2. The Kier molecular flexibility index (Phi) is 3.20. The van der Waals surface area contributed by atoms with Crippen LogP contribution in [0, 0.1) is 18.3 Å². The van der Waals surface area contributed by atoms with Crippen LogP contribution in [0.15, 0.2) is 24.3 Å². The zero-order valence-electron chi connectivity index (χ0n) is 10.3. The molecule has 0 radical (unpaired) electrons. The van der Waals surface area contributed by atoms with Crippen molar-refractivity contribution < 1.29 is 4.74 Å². The number of aromatic nitrogens is 2. The van der Waals surface area contributed by atoms with Crippen LogP contribution >= 0.6 is 0 Å². The van der Waals surface area contributed by atoms with Gasteiger partial charge in [0.25, 0.3) is 0 Å². The van der Waals surface area contributed by atoms with Crippen molar-refractivity contribution in [3.05, 3.63) is 41.1 Å². The molecule has 5 nitrogen and oxygen atoms in total. The second-order valence-corrected chi connectivity index (χ2v) is 4.00. The van der Waals surface area contributed by atoms with Gasteiger partial charge in [-0.15, -0.1) is 0 Å². The smallest absolute Gasteiger partial charge is 0.139 e. The molecule has 0 amide bonds. The number of para-hydroxylation sites is 1. The predicted molar refractivity (Wildman–Crippen MR) is 67.8 cm³/mol. The first kappa shape index (κ1) is 12.0. The van der Waals surface area contributed by atoms with E-state index in [1.54, 1.807) is 7.05 Å². The van der Waals surface area contributed by atoms with Crippen molar-refractivity contribution >= 4 is 5.82 Å². The third-order valence-electron chi connectivity index (χ3n) is 2.73. The molecule has 1 heterocycles. The van der Waals surface area contributed by atoms with Gasteiger partial charge in [0, 0.05) is 7.05 Å². The summed E-state index contributed by atoms with van der Waals surface area (Å²) < 4.78 is 7.13. The van der Waals surface area contributed by atoms with Crippen molar-refractivity contribution in [2.24, 2.45) is 7.05 Å². The van der Waals surface area contributed by atoms with Crippen molar-refractivity contribution in [3.63, 3.8) is 0 Å². The molecule has 0 aliphatic heterocycles. The molecule has 0 aliphatic rings. The fraction of sp³-hybridized carbons (Fsp3) is 0.231. The van der Waals surface area contributed by atoms with Crippen molar-refractivity contribution in [1.29, 1.82) is 5.26 Å². The summed E-state index contributed by atoms with van der Waals surface area (Å²) in [6.07, 6.45) is 0. The fourth-order valence-corrected chi connectivity index (χ4v) is 1.68. The summed E-state index contributed by atoms with van der Waals surface area (Å²) in [5, 5.41) is 13.2. The van der Waals surface area contributed by atoms with Crippen LogP contribution in [-0.4, -0.2) is 9.78 Å². The highest BCUT2D eigenvalue weighted by Gasteiger charge is 2.14. The third-order valence-corrected chi connectivity index (χ3v) is 2.73. The topological polar surface area (TPSA) is 76.9 Å². The van der Waals surface area contributed by atoms with Gasteiger partial charge in [-0.25, -0.2) is 0 Å². The van der Waals surface area contributed by atoms with Crippen LogP contribution in [0.3, 0.4) is 0 Å². The average Bonchev–Trinajstić information content (AvgIpc) is 2.64. The highest BCUT2D eigenvalue weighted by molar-refractivity contribution is 5.51. The Balaban J connectivity index is 2.19. The van der Waals surface area contributed by atoms with Crippen LogP contribution in [0.25, 0.3) is 0 Å². The normalized spacial score (nSPS) is 10.1. The Morgan fingerprint density at radius 1 is 1.44 bits per heavy atom. The molecule has 92 valence electrons. The van der Waals surface area contributed by atoms with Gasteiger partial charge in [-0.1, -0.05) is 18.2 Å². The first-order chi connectivity index (χ1) is 8.63. The summed E-state index contributed by atoms with van der Waals surface area (Å²) in [5.41, 5.74) is 7.71. The lowest BCUT2D eigenvalue weighted by Gasteiger charge is -2.07. The number of nitrogens with zero attached hydrogens (tertiary/aromatic N) is 3. The van der Waals surface area contributed by atoms with Crippen LogP contribution in [0.1, 0.15) is 16.8 Å². The second-order valence-electron chi connectivity index (χ2n) is 4.00. The molecule has 0 bridgehead atoms. The lowest BCUT2D eigenvalue weighted by molar-refractivity contribution is 0.297. The van der Waals surface area contributed by atoms with Gasteiger partial charge in [-0.05, 0) is 18.6 Å². The maximum Gasteiger partial charge on any atom is 0.139 e. The number of ether oxygens (including phenoxy) is 1. The van der Waals surface area contributed by atoms with Gasteiger partial charge in [0.2, 0.25) is 0 Å². The van der Waals surface area contributed by atoms with E-state index in [1.165, 1.54) is 4.68 Å². The monoisotopic (exact) mass is 242 g/mol. The zero-order valence-corrected chi connectivity index (χ0v) is 10.3. The van der Waals surface area contributed by atoms with Crippen LogP contribution in [0.2, 0.25) is 0 Å². The predicted octanol–water partition coefficient (Wildman–Crippen LogP) is 1.76. The molecule has 1 aromatic carbocycles. The molecule has 0 aliphatic carbocycles. The lowest BCUT2D eigenvalue weighted by atomic mass is 10.2.